The van der Waals surface area contributed by atoms with E-state index >= 15 is 0 Å². The van der Waals surface area contributed by atoms with Crippen molar-refractivity contribution in [1.82, 2.24) is 0 Å². The Morgan fingerprint density at radius 3 is 2.86 bits per heavy atom. The van der Waals surface area contributed by atoms with Crippen molar-refractivity contribution >= 4 is 11.6 Å². The van der Waals surface area contributed by atoms with Gasteiger partial charge in [0, 0.05) is 11.7 Å². The fraction of sp³-hybridized carbons (Fsp3) is 0.611. The van der Waals surface area contributed by atoms with Gasteiger partial charge >= 0.3 is 0 Å². The number of benzene rings is 1. The third-order valence-corrected chi connectivity index (χ3v) is 5.26. The third-order valence-electron chi connectivity index (χ3n) is 5.26. The van der Waals surface area contributed by atoms with Crippen LogP contribution >= 0.6 is 0 Å². The average Bonchev–Trinajstić information content (AvgIpc) is 2.83. The van der Waals surface area contributed by atoms with Gasteiger partial charge in [-0.05, 0) is 49.3 Å². The Balaban J connectivity index is 1.87. The van der Waals surface area contributed by atoms with Crippen LogP contribution in [0.2, 0.25) is 0 Å². The monoisotopic (exact) mass is 286 g/mol. The molecule has 3 unspecified atom stereocenters. The number of nitrogens with two attached hydrogens (primary N) is 1. The normalized spacial score (nSPS) is 28.8. The second-order valence-corrected chi connectivity index (χ2v) is 6.60. The van der Waals surface area contributed by atoms with Gasteiger partial charge in [0.05, 0.1) is 6.42 Å². The molecule has 21 heavy (non-hydrogen) atoms. The summed E-state index contributed by atoms with van der Waals surface area (Å²) in [6.07, 6.45) is 6.62. The topological polar surface area (TPSA) is 46.3 Å². The number of amides is 1. The van der Waals surface area contributed by atoms with E-state index in [-0.39, 0.29) is 5.91 Å². The number of fused-ring (bicyclic) bond motifs is 1. The van der Waals surface area contributed by atoms with Crippen LogP contribution in [0.3, 0.4) is 0 Å². The summed E-state index contributed by atoms with van der Waals surface area (Å²) in [5.41, 5.74) is 8.31. The summed E-state index contributed by atoms with van der Waals surface area (Å²) < 4.78 is 0. The van der Waals surface area contributed by atoms with Gasteiger partial charge in [0.2, 0.25) is 5.91 Å². The van der Waals surface area contributed by atoms with E-state index in [1.165, 1.54) is 24.8 Å². The number of carbonyl (C=O) groups is 1. The van der Waals surface area contributed by atoms with E-state index in [1.807, 2.05) is 12.1 Å². The van der Waals surface area contributed by atoms with Crippen LogP contribution in [0, 0.1) is 11.8 Å². The lowest BCUT2D eigenvalue weighted by molar-refractivity contribution is -0.118. The van der Waals surface area contributed by atoms with E-state index in [0.29, 0.717) is 24.9 Å². The number of carbonyl (C=O) groups excluding carboxylic acids is 1. The van der Waals surface area contributed by atoms with E-state index in [1.54, 1.807) is 0 Å². The maximum Gasteiger partial charge on any atom is 0.231 e. The smallest absolute Gasteiger partial charge is 0.231 e. The lowest BCUT2D eigenvalue weighted by Gasteiger charge is -2.41. The molecule has 0 aromatic heterocycles. The molecule has 0 spiro atoms. The van der Waals surface area contributed by atoms with Gasteiger partial charge in [-0.3, -0.25) is 4.79 Å². The molecular formula is C18H26N2O. The molecule has 3 atom stereocenters. The highest BCUT2D eigenvalue weighted by Crippen LogP contribution is 2.40. The fourth-order valence-electron chi connectivity index (χ4n) is 4.20. The Kier molecular flexibility index (Phi) is 4.29. The highest BCUT2D eigenvalue weighted by atomic mass is 16.2. The first kappa shape index (κ1) is 14.6. The Morgan fingerprint density at radius 1 is 1.29 bits per heavy atom. The summed E-state index contributed by atoms with van der Waals surface area (Å²) in [4.78, 5) is 14.6. The standard InChI is InChI=1S/C18H26N2O/c1-2-5-13-8-9-15(12-19)17(10-13)20-16-7-4-3-6-14(16)11-18(20)21/h3-4,6-7,13,15,17H,2,5,8-12,19H2,1H3. The van der Waals surface area contributed by atoms with Gasteiger partial charge in [-0.15, -0.1) is 0 Å². The minimum Gasteiger partial charge on any atom is -0.330 e. The molecule has 1 aliphatic heterocycles. The Bertz CT molecular complexity index is 514. The molecule has 0 radical (unpaired) electrons. The fourth-order valence-corrected chi connectivity index (χ4v) is 4.20. The maximum atomic E-state index is 12.5. The molecule has 1 amide bonds. The number of nitrogens with zero attached hydrogens (tertiary/aromatic N) is 1. The van der Waals surface area contributed by atoms with Crippen LogP contribution in [0.25, 0.3) is 0 Å². The first-order chi connectivity index (χ1) is 10.2. The predicted molar refractivity (Wildman–Crippen MR) is 86.2 cm³/mol. The SMILES string of the molecule is CCCC1CCC(CN)C(N2C(=O)Cc3ccccc32)C1. The first-order valence-electron chi connectivity index (χ1n) is 8.34. The third kappa shape index (κ3) is 2.71. The molecule has 1 aromatic carbocycles. The Labute approximate surface area is 127 Å². The predicted octanol–water partition coefficient (Wildman–Crippen LogP) is 3.12. The first-order valence-corrected chi connectivity index (χ1v) is 8.34. The molecule has 0 bridgehead atoms. The van der Waals surface area contributed by atoms with Crippen molar-refractivity contribution in [3.63, 3.8) is 0 Å². The van der Waals surface area contributed by atoms with Crippen molar-refractivity contribution in [2.45, 2.75) is 51.5 Å². The quantitative estimate of drug-likeness (QED) is 0.924. The average molecular weight is 286 g/mol. The van der Waals surface area contributed by atoms with E-state index in [4.69, 9.17) is 5.73 Å². The van der Waals surface area contributed by atoms with Crippen molar-refractivity contribution in [2.75, 3.05) is 11.4 Å². The lowest BCUT2D eigenvalue weighted by atomic mass is 9.76. The highest BCUT2D eigenvalue weighted by molar-refractivity contribution is 6.01. The minimum absolute atomic E-state index is 0.261. The van der Waals surface area contributed by atoms with Gasteiger partial charge in [-0.25, -0.2) is 0 Å². The molecule has 3 heteroatoms. The van der Waals surface area contributed by atoms with Crippen LogP contribution < -0.4 is 10.6 Å². The van der Waals surface area contributed by atoms with Crippen molar-refractivity contribution in [2.24, 2.45) is 17.6 Å². The number of rotatable bonds is 4. The van der Waals surface area contributed by atoms with Gasteiger partial charge in [-0.1, -0.05) is 38.0 Å². The summed E-state index contributed by atoms with van der Waals surface area (Å²) in [6, 6.07) is 8.54. The van der Waals surface area contributed by atoms with Crippen molar-refractivity contribution < 1.29 is 4.79 Å². The molecule has 3 nitrogen and oxygen atoms in total. The number of hydrogen-bond donors (Lipinski definition) is 1. The van der Waals surface area contributed by atoms with Crippen LogP contribution in [-0.2, 0) is 11.2 Å². The summed E-state index contributed by atoms with van der Waals surface area (Å²) >= 11 is 0. The van der Waals surface area contributed by atoms with E-state index in [0.717, 1.165) is 24.4 Å². The highest BCUT2D eigenvalue weighted by Gasteiger charge is 2.39. The molecule has 1 heterocycles. The van der Waals surface area contributed by atoms with Crippen LogP contribution in [0.15, 0.2) is 24.3 Å². The summed E-state index contributed by atoms with van der Waals surface area (Å²) in [5, 5.41) is 0. The van der Waals surface area contributed by atoms with Gasteiger partial charge in [0.15, 0.2) is 0 Å². The molecule has 0 saturated heterocycles. The maximum absolute atomic E-state index is 12.5. The van der Waals surface area contributed by atoms with Gasteiger partial charge in [0.1, 0.15) is 0 Å². The van der Waals surface area contributed by atoms with E-state index in [9.17, 15) is 4.79 Å². The summed E-state index contributed by atoms with van der Waals surface area (Å²) in [6.45, 7) is 2.94. The summed E-state index contributed by atoms with van der Waals surface area (Å²) in [5.74, 6) is 1.47. The number of hydrogen-bond acceptors (Lipinski definition) is 2. The molecule has 114 valence electrons. The van der Waals surface area contributed by atoms with Gasteiger partial charge in [-0.2, -0.15) is 0 Å². The zero-order valence-corrected chi connectivity index (χ0v) is 12.9. The second kappa shape index (κ2) is 6.18. The molecule has 1 fully saturated rings. The van der Waals surface area contributed by atoms with Gasteiger partial charge < -0.3 is 10.6 Å². The van der Waals surface area contributed by atoms with Crippen LogP contribution in [0.1, 0.15) is 44.6 Å². The van der Waals surface area contributed by atoms with Crippen LogP contribution in [0.4, 0.5) is 5.69 Å². The Hall–Kier alpha value is -1.35. The summed E-state index contributed by atoms with van der Waals surface area (Å²) in [7, 11) is 0. The lowest BCUT2D eigenvalue weighted by Crippen LogP contribution is -2.48. The molecule has 2 aliphatic rings. The van der Waals surface area contributed by atoms with Crippen LogP contribution in [-0.4, -0.2) is 18.5 Å². The van der Waals surface area contributed by atoms with E-state index < -0.39 is 0 Å². The molecule has 2 N–H and O–H groups in total. The van der Waals surface area contributed by atoms with Crippen LogP contribution in [0.5, 0.6) is 0 Å². The van der Waals surface area contributed by atoms with Crippen molar-refractivity contribution in [3.8, 4) is 0 Å². The zero-order valence-electron chi connectivity index (χ0n) is 12.9. The molecule has 1 aliphatic carbocycles. The van der Waals surface area contributed by atoms with Crippen molar-refractivity contribution in [3.05, 3.63) is 29.8 Å². The molecule has 1 saturated carbocycles. The van der Waals surface area contributed by atoms with Crippen molar-refractivity contribution in [1.29, 1.82) is 0 Å². The molecule has 3 rings (SSSR count). The zero-order chi connectivity index (χ0) is 14.8. The molecule has 1 aromatic rings. The number of anilines is 1. The molecular weight excluding hydrogens is 260 g/mol. The Morgan fingerprint density at radius 2 is 2.10 bits per heavy atom. The van der Waals surface area contributed by atoms with Gasteiger partial charge in [0.25, 0.3) is 0 Å². The number of para-hydroxylation sites is 1. The van der Waals surface area contributed by atoms with E-state index in [2.05, 4.69) is 24.0 Å². The second-order valence-electron chi connectivity index (χ2n) is 6.60. The minimum atomic E-state index is 0.261. The largest absolute Gasteiger partial charge is 0.330 e.